The summed E-state index contributed by atoms with van der Waals surface area (Å²) in [6, 6.07) is 6.02. The van der Waals surface area contributed by atoms with Gasteiger partial charge in [-0.25, -0.2) is 0 Å². The molecule has 2 aliphatic rings. The van der Waals surface area contributed by atoms with Gasteiger partial charge in [0.05, 0.1) is 0 Å². The van der Waals surface area contributed by atoms with E-state index in [9.17, 15) is 9.90 Å². The first-order chi connectivity index (χ1) is 11.0. The van der Waals surface area contributed by atoms with Gasteiger partial charge in [0.25, 0.3) is 5.91 Å². The second-order valence-corrected chi connectivity index (χ2v) is 6.98. The fourth-order valence-electron chi connectivity index (χ4n) is 3.57. The van der Waals surface area contributed by atoms with Crippen LogP contribution in [0.25, 0.3) is 0 Å². The van der Waals surface area contributed by atoms with Crippen molar-refractivity contribution in [1.82, 2.24) is 4.90 Å². The Bertz CT molecular complexity index is 574. The van der Waals surface area contributed by atoms with Gasteiger partial charge >= 0.3 is 0 Å². The zero-order valence-electron chi connectivity index (χ0n) is 14.1. The Morgan fingerprint density at radius 1 is 1.17 bits per heavy atom. The highest BCUT2D eigenvalue weighted by molar-refractivity contribution is 5.97. The first-order valence-electron chi connectivity index (χ1n) is 8.56. The number of benzene rings is 1. The number of nitrogens with one attached hydrogen (secondary N) is 1. The van der Waals surface area contributed by atoms with E-state index in [2.05, 4.69) is 35.2 Å². The Kier molecular flexibility index (Phi) is 4.60. The maximum absolute atomic E-state index is 12.3. The van der Waals surface area contributed by atoms with Crippen molar-refractivity contribution in [2.45, 2.75) is 38.2 Å². The third kappa shape index (κ3) is 3.51. The van der Waals surface area contributed by atoms with Crippen molar-refractivity contribution >= 4 is 17.3 Å². The lowest BCUT2D eigenvalue weighted by Gasteiger charge is -2.35. The number of hydrogen-bond donors (Lipinski definition) is 2. The molecular formula is C18H27N3O2. The van der Waals surface area contributed by atoms with E-state index in [1.165, 1.54) is 5.69 Å². The number of nitrogens with zero attached hydrogens (tertiary/aromatic N) is 2. The third-order valence-electron chi connectivity index (χ3n) is 5.15. The molecule has 0 atom stereocenters. The fourth-order valence-corrected chi connectivity index (χ4v) is 3.57. The van der Waals surface area contributed by atoms with Gasteiger partial charge in [-0.2, -0.15) is 0 Å². The highest BCUT2D eigenvalue weighted by Crippen LogP contribution is 2.31. The number of amides is 1. The van der Waals surface area contributed by atoms with Crippen LogP contribution in [0.1, 0.15) is 31.2 Å². The molecule has 1 aliphatic carbocycles. The lowest BCUT2D eigenvalue weighted by Crippen LogP contribution is -2.44. The van der Waals surface area contributed by atoms with Crippen molar-refractivity contribution in [1.29, 1.82) is 0 Å². The maximum atomic E-state index is 12.3. The summed E-state index contributed by atoms with van der Waals surface area (Å²) in [6.07, 6.45) is 2.98. The Morgan fingerprint density at radius 3 is 2.43 bits per heavy atom. The number of piperazine rings is 1. The predicted octanol–water partition coefficient (Wildman–Crippen LogP) is 1.99. The standard InChI is InChI=1S/C18H27N3O2/c1-14-13-15(19-17(22)18(23)7-3-4-8-18)5-6-16(14)21-11-9-20(2)10-12-21/h5-6,13,23H,3-4,7-12H2,1-2H3,(H,19,22). The smallest absolute Gasteiger partial charge is 0.256 e. The van der Waals surface area contributed by atoms with E-state index < -0.39 is 5.60 Å². The zero-order chi connectivity index (χ0) is 16.4. The van der Waals surface area contributed by atoms with Gasteiger partial charge in [0, 0.05) is 37.6 Å². The SMILES string of the molecule is Cc1cc(NC(=O)C2(O)CCCC2)ccc1N1CCN(C)CC1. The number of likely N-dealkylation sites (N-methyl/N-ethyl adjacent to an activating group) is 1. The second kappa shape index (κ2) is 6.49. The van der Waals surface area contributed by atoms with E-state index in [1.807, 2.05) is 12.1 Å². The topological polar surface area (TPSA) is 55.8 Å². The molecule has 5 heteroatoms. The van der Waals surface area contributed by atoms with Gasteiger partial charge < -0.3 is 20.2 Å². The van der Waals surface area contributed by atoms with Crippen molar-refractivity contribution in [3.8, 4) is 0 Å². The molecule has 0 aromatic heterocycles. The van der Waals surface area contributed by atoms with Crippen molar-refractivity contribution in [2.75, 3.05) is 43.4 Å². The molecule has 1 aromatic rings. The van der Waals surface area contributed by atoms with Crippen LogP contribution in [0.2, 0.25) is 0 Å². The number of carbonyl (C=O) groups is 1. The Morgan fingerprint density at radius 2 is 1.83 bits per heavy atom. The molecule has 1 saturated heterocycles. The number of aryl methyl sites for hydroxylation is 1. The molecule has 2 N–H and O–H groups in total. The minimum atomic E-state index is -1.18. The predicted molar refractivity (Wildman–Crippen MR) is 92.9 cm³/mol. The monoisotopic (exact) mass is 317 g/mol. The van der Waals surface area contributed by atoms with Gasteiger partial charge in [-0.1, -0.05) is 0 Å². The maximum Gasteiger partial charge on any atom is 0.256 e. The van der Waals surface area contributed by atoms with Gasteiger partial charge in [-0.3, -0.25) is 4.79 Å². The number of aliphatic hydroxyl groups is 1. The minimum absolute atomic E-state index is 0.262. The molecule has 1 aromatic carbocycles. The molecule has 0 radical (unpaired) electrons. The van der Waals surface area contributed by atoms with Crippen LogP contribution in [0.15, 0.2) is 18.2 Å². The second-order valence-electron chi connectivity index (χ2n) is 6.98. The van der Waals surface area contributed by atoms with Crippen molar-refractivity contribution in [3.63, 3.8) is 0 Å². The number of rotatable bonds is 3. The summed E-state index contributed by atoms with van der Waals surface area (Å²) >= 11 is 0. The Labute approximate surface area is 138 Å². The summed E-state index contributed by atoms with van der Waals surface area (Å²) in [4.78, 5) is 17.0. The third-order valence-corrected chi connectivity index (χ3v) is 5.15. The van der Waals surface area contributed by atoms with Crippen LogP contribution in [0.4, 0.5) is 11.4 Å². The van der Waals surface area contributed by atoms with E-state index in [-0.39, 0.29) is 5.91 Å². The van der Waals surface area contributed by atoms with Gasteiger partial charge in [-0.05, 0) is 63.4 Å². The molecule has 5 nitrogen and oxygen atoms in total. The first kappa shape index (κ1) is 16.3. The minimum Gasteiger partial charge on any atom is -0.380 e. The highest BCUT2D eigenvalue weighted by atomic mass is 16.3. The van der Waals surface area contributed by atoms with E-state index in [4.69, 9.17) is 0 Å². The summed E-state index contributed by atoms with van der Waals surface area (Å²) in [5.74, 6) is -0.262. The zero-order valence-corrected chi connectivity index (χ0v) is 14.1. The molecule has 2 fully saturated rings. The molecule has 3 rings (SSSR count). The molecule has 0 bridgehead atoms. The average Bonchev–Trinajstić information content (AvgIpc) is 2.97. The molecular weight excluding hydrogens is 290 g/mol. The van der Waals surface area contributed by atoms with Crippen LogP contribution >= 0.6 is 0 Å². The Balaban J connectivity index is 1.68. The number of anilines is 2. The first-order valence-corrected chi connectivity index (χ1v) is 8.56. The summed E-state index contributed by atoms with van der Waals surface area (Å²) in [5, 5.41) is 13.2. The summed E-state index contributed by atoms with van der Waals surface area (Å²) in [5.41, 5.74) is 1.98. The lowest BCUT2D eigenvalue weighted by molar-refractivity contribution is -0.133. The van der Waals surface area contributed by atoms with Crippen LogP contribution in [0, 0.1) is 6.92 Å². The van der Waals surface area contributed by atoms with Crippen LogP contribution in [0.3, 0.4) is 0 Å². The van der Waals surface area contributed by atoms with Crippen molar-refractivity contribution in [3.05, 3.63) is 23.8 Å². The molecule has 23 heavy (non-hydrogen) atoms. The van der Waals surface area contributed by atoms with Crippen LogP contribution in [-0.4, -0.2) is 54.7 Å². The molecule has 126 valence electrons. The molecule has 0 spiro atoms. The van der Waals surface area contributed by atoms with E-state index in [0.29, 0.717) is 12.8 Å². The summed E-state index contributed by atoms with van der Waals surface area (Å²) < 4.78 is 0. The number of carbonyl (C=O) groups excluding carboxylic acids is 1. The Hall–Kier alpha value is -1.59. The van der Waals surface area contributed by atoms with E-state index >= 15 is 0 Å². The summed E-state index contributed by atoms with van der Waals surface area (Å²) in [6.45, 7) is 6.29. The van der Waals surface area contributed by atoms with E-state index in [0.717, 1.165) is 50.3 Å². The normalized spacial score (nSPS) is 21.4. The van der Waals surface area contributed by atoms with Gasteiger partial charge in [0.2, 0.25) is 0 Å². The molecule has 1 amide bonds. The van der Waals surface area contributed by atoms with Crippen molar-refractivity contribution < 1.29 is 9.90 Å². The van der Waals surface area contributed by atoms with Crippen LogP contribution < -0.4 is 10.2 Å². The quantitative estimate of drug-likeness (QED) is 0.895. The summed E-state index contributed by atoms with van der Waals surface area (Å²) in [7, 11) is 2.15. The molecule has 1 heterocycles. The molecule has 1 aliphatic heterocycles. The highest BCUT2D eigenvalue weighted by Gasteiger charge is 2.38. The number of hydrogen-bond acceptors (Lipinski definition) is 4. The molecule has 1 saturated carbocycles. The van der Waals surface area contributed by atoms with E-state index in [1.54, 1.807) is 0 Å². The van der Waals surface area contributed by atoms with Crippen molar-refractivity contribution in [2.24, 2.45) is 0 Å². The lowest BCUT2D eigenvalue weighted by atomic mass is 10.0. The van der Waals surface area contributed by atoms with Gasteiger partial charge in [-0.15, -0.1) is 0 Å². The fraction of sp³-hybridized carbons (Fsp3) is 0.611. The van der Waals surface area contributed by atoms with Crippen LogP contribution in [-0.2, 0) is 4.79 Å². The average molecular weight is 317 g/mol. The molecule has 0 unspecified atom stereocenters. The largest absolute Gasteiger partial charge is 0.380 e. The van der Waals surface area contributed by atoms with Crippen LogP contribution in [0.5, 0.6) is 0 Å². The van der Waals surface area contributed by atoms with Gasteiger partial charge in [0.15, 0.2) is 0 Å². The van der Waals surface area contributed by atoms with Gasteiger partial charge in [0.1, 0.15) is 5.60 Å².